The lowest BCUT2D eigenvalue weighted by Gasteiger charge is -2.13. The molecule has 3 heterocycles. The molecule has 0 aliphatic rings. The maximum absolute atomic E-state index is 5.28. The Hall–Kier alpha value is -7.43. The average molecular weight is 701 g/mol. The smallest absolute Gasteiger partial charge is 0.221 e. The summed E-state index contributed by atoms with van der Waals surface area (Å²) in [5.41, 5.74) is 12.3. The second-order valence-electron chi connectivity index (χ2n) is 14.4. The largest absolute Gasteiger partial charge is 0.294 e. The first-order chi connectivity index (χ1) is 27.3. The normalized spacial score (nSPS) is 12.0. The Bertz CT molecular complexity index is 3450. The molecular weight excluding hydrogens is 669 g/mol. The van der Waals surface area contributed by atoms with Crippen LogP contribution in [0.15, 0.2) is 194 Å². The van der Waals surface area contributed by atoms with Gasteiger partial charge in [0.1, 0.15) is 5.52 Å². The number of rotatable bonds is 4. The summed E-state index contributed by atoms with van der Waals surface area (Å²) in [6, 6.07) is 70.2. The molecule has 9 aromatic carbocycles. The van der Waals surface area contributed by atoms with E-state index in [-0.39, 0.29) is 0 Å². The summed E-state index contributed by atoms with van der Waals surface area (Å²) in [6.45, 7) is 0. The molecule has 256 valence electrons. The van der Waals surface area contributed by atoms with E-state index in [2.05, 4.69) is 208 Å². The molecule has 0 saturated heterocycles. The number of fused-ring (bicyclic) bond motifs is 13. The van der Waals surface area contributed by atoms with Crippen molar-refractivity contribution >= 4 is 71.2 Å². The van der Waals surface area contributed by atoms with Crippen LogP contribution < -0.4 is 0 Å². The second-order valence-corrected chi connectivity index (χ2v) is 14.4. The SMILES string of the molecule is c1ccc(-n2c3ccccc3c3c2n2c4ccccc4nc2n3-c2cccc(-c3cccc(-c4ccc5c6ccccc6c6ccccc6c5c4)c3)c2)cc1. The first-order valence-electron chi connectivity index (χ1n) is 18.8. The summed E-state index contributed by atoms with van der Waals surface area (Å²) < 4.78 is 7.06. The monoisotopic (exact) mass is 700 g/mol. The third-order valence-electron chi connectivity index (χ3n) is 11.4. The highest BCUT2D eigenvalue weighted by Gasteiger charge is 2.25. The molecule has 4 heteroatoms. The van der Waals surface area contributed by atoms with Crippen molar-refractivity contribution in [3.8, 4) is 33.6 Å². The van der Waals surface area contributed by atoms with Crippen molar-refractivity contribution in [2.75, 3.05) is 0 Å². The molecule has 0 radical (unpaired) electrons. The first kappa shape index (κ1) is 30.1. The highest BCUT2D eigenvalue weighted by Crippen LogP contribution is 2.40. The van der Waals surface area contributed by atoms with E-state index < -0.39 is 0 Å². The van der Waals surface area contributed by atoms with Crippen LogP contribution in [0.1, 0.15) is 0 Å². The van der Waals surface area contributed by atoms with Gasteiger partial charge in [-0.25, -0.2) is 4.98 Å². The molecule has 0 atom stereocenters. The summed E-state index contributed by atoms with van der Waals surface area (Å²) in [5, 5.41) is 8.91. The van der Waals surface area contributed by atoms with Crippen LogP contribution in [0, 0.1) is 0 Å². The number of hydrogen-bond acceptors (Lipinski definition) is 1. The molecule has 12 aromatic rings. The Kier molecular flexibility index (Phi) is 6.31. The summed E-state index contributed by atoms with van der Waals surface area (Å²) in [7, 11) is 0. The van der Waals surface area contributed by atoms with E-state index in [1.807, 2.05) is 0 Å². The fourth-order valence-corrected chi connectivity index (χ4v) is 8.98. The van der Waals surface area contributed by atoms with Crippen LogP contribution in [0.3, 0.4) is 0 Å². The third kappa shape index (κ3) is 4.37. The summed E-state index contributed by atoms with van der Waals surface area (Å²) >= 11 is 0. The van der Waals surface area contributed by atoms with E-state index in [1.54, 1.807) is 0 Å². The lowest BCUT2D eigenvalue weighted by molar-refractivity contribution is 1.09. The zero-order valence-electron chi connectivity index (χ0n) is 29.8. The average Bonchev–Trinajstić information content (AvgIpc) is 3.90. The van der Waals surface area contributed by atoms with Crippen molar-refractivity contribution in [3.05, 3.63) is 194 Å². The molecule has 0 spiro atoms. The van der Waals surface area contributed by atoms with Crippen molar-refractivity contribution < 1.29 is 0 Å². The number of nitrogens with zero attached hydrogens (tertiary/aromatic N) is 4. The van der Waals surface area contributed by atoms with E-state index in [1.165, 1.54) is 54.4 Å². The molecule has 0 unspecified atom stereocenters. The molecule has 0 bridgehead atoms. The van der Waals surface area contributed by atoms with Gasteiger partial charge in [-0.05, 0) is 109 Å². The molecule has 3 aromatic heterocycles. The van der Waals surface area contributed by atoms with Gasteiger partial charge in [0.15, 0.2) is 5.65 Å². The predicted octanol–water partition coefficient (Wildman–Crippen LogP) is 13.2. The van der Waals surface area contributed by atoms with Gasteiger partial charge in [-0.1, -0.05) is 140 Å². The number of benzene rings is 9. The van der Waals surface area contributed by atoms with E-state index >= 15 is 0 Å². The second kappa shape index (κ2) is 11.5. The molecule has 0 aliphatic heterocycles. The first-order valence-corrected chi connectivity index (χ1v) is 18.8. The van der Waals surface area contributed by atoms with Gasteiger partial charge < -0.3 is 0 Å². The number of para-hydroxylation sites is 4. The summed E-state index contributed by atoms with van der Waals surface area (Å²) in [5.74, 6) is 0.892. The van der Waals surface area contributed by atoms with Crippen molar-refractivity contribution in [1.82, 2.24) is 18.5 Å². The third-order valence-corrected chi connectivity index (χ3v) is 11.4. The summed E-state index contributed by atoms with van der Waals surface area (Å²) in [4.78, 5) is 5.28. The van der Waals surface area contributed by atoms with Gasteiger partial charge in [0.25, 0.3) is 0 Å². The van der Waals surface area contributed by atoms with Gasteiger partial charge in [-0.15, -0.1) is 0 Å². The van der Waals surface area contributed by atoms with E-state index in [0.717, 1.165) is 50.4 Å². The molecule has 4 nitrogen and oxygen atoms in total. The lowest BCUT2D eigenvalue weighted by atomic mass is 9.91. The number of aromatic nitrogens is 4. The molecular formula is C51H32N4. The minimum absolute atomic E-state index is 0.892. The Morgan fingerprint density at radius 1 is 0.327 bits per heavy atom. The summed E-state index contributed by atoms with van der Waals surface area (Å²) in [6.07, 6.45) is 0. The minimum Gasteiger partial charge on any atom is -0.294 e. The fraction of sp³-hybridized carbons (Fsp3) is 0. The van der Waals surface area contributed by atoms with Crippen LogP contribution in [-0.2, 0) is 0 Å². The van der Waals surface area contributed by atoms with Gasteiger partial charge in [0.05, 0.1) is 16.6 Å². The highest BCUT2D eigenvalue weighted by atomic mass is 15.3. The number of hydrogen-bond donors (Lipinski definition) is 0. The van der Waals surface area contributed by atoms with Crippen LogP contribution in [0.5, 0.6) is 0 Å². The molecule has 0 saturated carbocycles. The Morgan fingerprint density at radius 2 is 0.855 bits per heavy atom. The van der Waals surface area contributed by atoms with E-state index in [0.29, 0.717) is 0 Å². The lowest BCUT2D eigenvalue weighted by Crippen LogP contribution is -1.97. The van der Waals surface area contributed by atoms with Crippen molar-refractivity contribution in [2.45, 2.75) is 0 Å². The molecule has 0 aliphatic carbocycles. The van der Waals surface area contributed by atoms with Gasteiger partial charge >= 0.3 is 0 Å². The van der Waals surface area contributed by atoms with Crippen LogP contribution in [0.2, 0.25) is 0 Å². The zero-order valence-corrected chi connectivity index (χ0v) is 29.8. The van der Waals surface area contributed by atoms with Gasteiger partial charge in [0.2, 0.25) is 5.78 Å². The highest BCUT2D eigenvalue weighted by molar-refractivity contribution is 6.25. The predicted molar refractivity (Wildman–Crippen MR) is 230 cm³/mol. The quantitative estimate of drug-likeness (QED) is 0.168. The molecule has 12 rings (SSSR count). The van der Waals surface area contributed by atoms with Crippen molar-refractivity contribution in [3.63, 3.8) is 0 Å². The van der Waals surface area contributed by atoms with Gasteiger partial charge in [-0.3, -0.25) is 13.5 Å². The maximum atomic E-state index is 5.28. The van der Waals surface area contributed by atoms with Crippen LogP contribution in [0.4, 0.5) is 0 Å². The van der Waals surface area contributed by atoms with Crippen LogP contribution in [0.25, 0.3) is 105 Å². The molecule has 55 heavy (non-hydrogen) atoms. The number of imidazole rings is 2. The molecule has 0 N–H and O–H groups in total. The Labute approximate surface area is 316 Å². The van der Waals surface area contributed by atoms with Crippen LogP contribution in [-0.4, -0.2) is 18.5 Å². The van der Waals surface area contributed by atoms with E-state index in [4.69, 9.17) is 4.98 Å². The van der Waals surface area contributed by atoms with Crippen molar-refractivity contribution in [1.29, 1.82) is 0 Å². The molecule has 0 fully saturated rings. The van der Waals surface area contributed by atoms with Crippen molar-refractivity contribution in [2.24, 2.45) is 0 Å². The zero-order chi connectivity index (χ0) is 36.0. The topological polar surface area (TPSA) is 27.2 Å². The van der Waals surface area contributed by atoms with E-state index in [9.17, 15) is 0 Å². The Morgan fingerprint density at radius 3 is 1.58 bits per heavy atom. The minimum atomic E-state index is 0.892. The fourth-order valence-electron chi connectivity index (χ4n) is 8.98. The standard InChI is InChI=1S/C51H32N4/c1-2-17-37(18-3-1)53-47-26-10-8-24-44(47)49-50(53)55-48-27-11-9-25-46(48)52-51(55)54(49)38-19-13-16-35(31-38)33-14-12-15-34(30-33)36-28-29-43-41-22-5-4-20-39(41)40-21-6-7-23-42(40)45(43)32-36/h1-32H. The van der Waals surface area contributed by atoms with Gasteiger partial charge in [0, 0.05) is 16.8 Å². The van der Waals surface area contributed by atoms with Gasteiger partial charge in [-0.2, -0.15) is 0 Å². The maximum Gasteiger partial charge on any atom is 0.221 e. The molecule has 0 amide bonds. The van der Waals surface area contributed by atoms with Crippen LogP contribution >= 0.6 is 0 Å². The Balaban J connectivity index is 1.06.